The molecule has 3 aromatic rings. The highest BCUT2D eigenvalue weighted by Gasteiger charge is 2.22. The van der Waals surface area contributed by atoms with Gasteiger partial charge in [0.05, 0.1) is 13.2 Å². The Kier molecular flexibility index (Phi) is 15.3. The third-order valence-electron chi connectivity index (χ3n) is 6.60. The summed E-state index contributed by atoms with van der Waals surface area (Å²) in [4.78, 5) is 43.2. The van der Waals surface area contributed by atoms with E-state index < -0.39 is 17.9 Å². The standard InChI is InChI=1S/C34H42N2O6/c37-32(22-14-3-1-2-4-15-25-40-30-20-12-7-13-21-30)35-31(34(39)36-42-27-29-18-10-6-11-19-29)23-24-33(38)41-26-28-16-8-5-9-17-28/h5-13,16-21,31H,1-4,14-15,22-27H2,(H,35,37)(H,36,39)/t31-/m1/s1. The fourth-order valence-corrected chi connectivity index (χ4v) is 4.25. The number of rotatable bonds is 20. The normalized spacial score (nSPS) is 11.3. The molecule has 0 saturated carbocycles. The van der Waals surface area contributed by atoms with Crippen molar-refractivity contribution in [2.24, 2.45) is 0 Å². The molecule has 0 radical (unpaired) electrons. The van der Waals surface area contributed by atoms with Gasteiger partial charge in [0.2, 0.25) is 5.91 Å². The van der Waals surface area contributed by atoms with Crippen molar-refractivity contribution in [2.45, 2.75) is 77.0 Å². The van der Waals surface area contributed by atoms with Gasteiger partial charge in [-0.1, -0.05) is 105 Å². The number of carbonyl (C=O) groups excluding carboxylic acids is 3. The van der Waals surface area contributed by atoms with Crippen molar-refractivity contribution in [1.82, 2.24) is 10.8 Å². The zero-order valence-electron chi connectivity index (χ0n) is 24.2. The Hall–Kier alpha value is -4.17. The van der Waals surface area contributed by atoms with Crippen LogP contribution >= 0.6 is 0 Å². The Bertz CT molecular complexity index is 1170. The second-order valence-electron chi connectivity index (χ2n) is 10.1. The van der Waals surface area contributed by atoms with E-state index in [2.05, 4.69) is 10.8 Å². The van der Waals surface area contributed by atoms with Gasteiger partial charge in [0.25, 0.3) is 5.91 Å². The van der Waals surface area contributed by atoms with Gasteiger partial charge in [-0.25, -0.2) is 5.48 Å². The summed E-state index contributed by atoms with van der Waals surface area (Å²) in [6, 6.07) is 27.7. The summed E-state index contributed by atoms with van der Waals surface area (Å²) in [5.41, 5.74) is 4.19. The van der Waals surface area contributed by atoms with E-state index in [0.717, 1.165) is 55.4 Å². The number of para-hydroxylation sites is 1. The first-order chi connectivity index (χ1) is 20.6. The van der Waals surface area contributed by atoms with Crippen LogP contribution < -0.4 is 15.5 Å². The van der Waals surface area contributed by atoms with E-state index in [-0.39, 0.29) is 32.0 Å². The number of amides is 2. The molecule has 1 atom stereocenters. The second kappa shape index (κ2) is 19.8. The molecule has 0 heterocycles. The number of ether oxygens (including phenoxy) is 2. The average molecular weight is 575 g/mol. The number of hydrogen-bond acceptors (Lipinski definition) is 6. The topological polar surface area (TPSA) is 103 Å². The van der Waals surface area contributed by atoms with Crippen LogP contribution in [-0.2, 0) is 37.2 Å². The van der Waals surface area contributed by atoms with Crippen LogP contribution in [-0.4, -0.2) is 30.4 Å². The summed E-state index contributed by atoms with van der Waals surface area (Å²) in [6.07, 6.45) is 6.22. The van der Waals surface area contributed by atoms with Crippen molar-refractivity contribution in [3.05, 3.63) is 102 Å². The van der Waals surface area contributed by atoms with Gasteiger partial charge >= 0.3 is 5.97 Å². The molecule has 0 bridgehead atoms. The molecule has 0 unspecified atom stereocenters. The van der Waals surface area contributed by atoms with Gasteiger partial charge in [-0.2, -0.15) is 0 Å². The first kappa shape index (κ1) is 32.3. The number of esters is 1. The SMILES string of the molecule is O=C(CCCCCCCCOc1ccccc1)N[C@H](CCC(=O)OCc1ccccc1)C(=O)NOCc1ccccc1. The van der Waals surface area contributed by atoms with E-state index in [1.54, 1.807) is 0 Å². The molecule has 3 rings (SSSR count). The number of unbranched alkanes of at least 4 members (excludes halogenated alkanes) is 5. The summed E-state index contributed by atoms with van der Waals surface area (Å²) in [7, 11) is 0. The number of nitrogens with one attached hydrogen (secondary N) is 2. The van der Waals surface area contributed by atoms with E-state index >= 15 is 0 Å². The highest BCUT2D eigenvalue weighted by molar-refractivity contribution is 5.87. The molecule has 8 heteroatoms. The molecular formula is C34H42N2O6. The Morgan fingerprint density at radius 3 is 1.88 bits per heavy atom. The van der Waals surface area contributed by atoms with Crippen LogP contribution in [0.2, 0.25) is 0 Å². The molecule has 0 fully saturated rings. The van der Waals surface area contributed by atoms with Gasteiger partial charge in [-0.3, -0.25) is 19.2 Å². The van der Waals surface area contributed by atoms with E-state index in [1.165, 1.54) is 0 Å². The number of hydrogen-bond donors (Lipinski definition) is 2. The van der Waals surface area contributed by atoms with Crippen LogP contribution in [0.3, 0.4) is 0 Å². The maximum atomic E-state index is 12.8. The van der Waals surface area contributed by atoms with Crippen molar-refractivity contribution in [1.29, 1.82) is 0 Å². The van der Waals surface area contributed by atoms with Crippen LogP contribution in [0.4, 0.5) is 0 Å². The lowest BCUT2D eigenvalue weighted by atomic mass is 10.1. The maximum absolute atomic E-state index is 12.8. The molecule has 0 saturated heterocycles. The smallest absolute Gasteiger partial charge is 0.306 e. The first-order valence-electron chi connectivity index (χ1n) is 14.7. The minimum atomic E-state index is -0.915. The Morgan fingerprint density at radius 1 is 0.643 bits per heavy atom. The monoisotopic (exact) mass is 574 g/mol. The summed E-state index contributed by atoms with van der Waals surface area (Å²) < 4.78 is 11.0. The van der Waals surface area contributed by atoms with Crippen LogP contribution in [0.5, 0.6) is 5.75 Å². The molecule has 224 valence electrons. The van der Waals surface area contributed by atoms with Crippen LogP contribution in [0, 0.1) is 0 Å². The molecule has 0 aromatic heterocycles. The molecule has 42 heavy (non-hydrogen) atoms. The predicted octanol–water partition coefficient (Wildman–Crippen LogP) is 6.05. The number of hydroxylamine groups is 1. The zero-order valence-corrected chi connectivity index (χ0v) is 24.2. The maximum Gasteiger partial charge on any atom is 0.306 e. The molecule has 2 N–H and O–H groups in total. The predicted molar refractivity (Wildman–Crippen MR) is 161 cm³/mol. The number of carbonyl (C=O) groups is 3. The van der Waals surface area contributed by atoms with Crippen molar-refractivity contribution < 1.29 is 28.7 Å². The molecular weight excluding hydrogens is 532 g/mol. The lowest BCUT2D eigenvalue weighted by Gasteiger charge is -2.18. The summed E-state index contributed by atoms with van der Waals surface area (Å²) in [5.74, 6) is -0.285. The highest BCUT2D eigenvalue weighted by Crippen LogP contribution is 2.12. The minimum absolute atomic E-state index is 0.0160. The van der Waals surface area contributed by atoms with Crippen molar-refractivity contribution in [2.75, 3.05) is 6.61 Å². The highest BCUT2D eigenvalue weighted by atomic mass is 16.7. The zero-order chi connectivity index (χ0) is 29.7. The van der Waals surface area contributed by atoms with Crippen molar-refractivity contribution in [3.63, 3.8) is 0 Å². The molecule has 0 aliphatic rings. The Morgan fingerprint density at radius 2 is 1.21 bits per heavy atom. The molecule has 8 nitrogen and oxygen atoms in total. The van der Waals surface area contributed by atoms with Crippen molar-refractivity contribution in [3.8, 4) is 5.75 Å². The lowest BCUT2D eigenvalue weighted by Crippen LogP contribution is -2.46. The van der Waals surface area contributed by atoms with Gasteiger partial charge in [-0.05, 0) is 42.5 Å². The van der Waals surface area contributed by atoms with Gasteiger partial charge in [-0.15, -0.1) is 0 Å². The van der Waals surface area contributed by atoms with E-state index in [1.807, 2.05) is 91.0 Å². The van der Waals surface area contributed by atoms with E-state index in [9.17, 15) is 14.4 Å². The van der Waals surface area contributed by atoms with Crippen molar-refractivity contribution >= 4 is 17.8 Å². The number of benzene rings is 3. The Balaban J connectivity index is 1.34. The minimum Gasteiger partial charge on any atom is -0.494 e. The van der Waals surface area contributed by atoms with Gasteiger partial charge in [0, 0.05) is 12.8 Å². The largest absolute Gasteiger partial charge is 0.494 e. The van der Waals surface area contributed by atoms with Gasteiger partial charge < -0.3 is 14.8 Å². The summed E-state index contributed by atoms with van der Waals surface area (Å²) in [6.45, 7) is 1.04. The van der Waals surface area contributed by atoms with E-state index in [4.69, 9.17) is 14.3 Å². The molecule has 0 aliphatic heterocycles. The quantitative estimate of drug-likeness (QED) is 0.0967. The third-order valence-corrected chi connectivity index (χ3v) is 6.60. The molecule has 3 aromatic carbocycles. The molecule has 0 spiro atoms. The third kappa shape index (κ3) is 13.9. The van der Waals surface area contributed by atoms with Crippen LogP contribution in [0.25, 0.3) is 0 Å². The summed E-state index contributed by atoms with van der Waals surface area (Å²) in [5, 5.41) is 2.77. The average Bonchev–Trinajstić information content (AvgIpc) is 3.02. The molecule has 2 amide bonds. The first-order valence-corrected chi connectivity index (χ1v) is 14.7. The molecule has 0 aliphatic carbocycles. The Labute approximate surface area is 248 Å². The summed E-state index contributed by atoms with van der Waals surface area (Å²) >= 11 is 0. The second-order valence-corrected chi connectivity index (χ2v) is 10.1. The lowest BCUT2D eigenvalue weighted by molar-refractivity contribution is -0.146. The van der Waals surface area contributed by atoms with Gasteiger partial charge in [0.15, 0.2) is 0 Å². The fourth-order valence-electron chi connectivity index (χ4n) is 4.25. The van der Waals surface area contributed by atoms with Gasteiger partial charge in [0.1, 0.15) is 18.4 Å². The fraction of sp³-hybridized carbons (Fsp3) is 0.382. The van der Waals surface area contributed by atoms with E-state index in [0.29, 0.717) is 13.0 Å². The van der Waals surface area contributed by atoms with Crippen LogP contribution in [0.1, 0.15) is 68.9 Å². The van der Waals surface area contributed by atoms with Crippen LogP contribution in [0.15, 0.2) is 91.0 Å².